The van der Waals surface area contributed by atoms with Crippen molar-refractivity contribution in [1.29, 1.82) is 0 Å². The Bertz CT molecular complexity index is 685. The number of ether oxygens (including phenoxy) is 2. The summed E-state index contributed by atoms with van der Waals surface area (Å²) in [6.45, 7) is 4.46. The second-order valence-electron chi connectivity index (χ2n) is 5.88. The van der Waals surface area contributed by atoms with Gasteiger partial charge in [0.2, 0.25) is 5.79 Å². The van der Waals surface area contributed by atoms with E-state index in [-0.39, 0.29) is 0 Å². The second kappa shape index (κ2) is 6.09. The van der Waals surface area contributed by atoms with Crippen LogP contribution in [0.1, 0.15) is 18.1 Å². The van der Waals surface area contributed by atoms with E-state index in [1.54, 1.807) is 14.2 Å². The van der Waals surface area contributed by atoms with E-state index in [1.807, 2.05) is 55.9 Å². The Kier molecular flexibility index (Phi) is 4.29. The molecule has 0 aromatic heterocycles. The van der Waals surface area contributed by atoms with Gasteiger partial charge in [-0.05, 0) is 23.9 Å². The summed E-state index contributed by atoms with van der Waals surface area (Å²) in [5.74, 6) is 0.0776. The molecule has 0 amide bonds. The number of hydrogen-bond acceptors (Lipinski definition) is 4. The fourth-order valence-corrected chi connectivity index (χ4v) is 4.19. The Labute approximate surface area is 138 Å². The first-order valence-electron chi connectivity index (χ1n) is 7.63. The van der Waals surface area contributed by atoms with Crippen LogP contribution >= 0.6 is 0 Å². The largest absolute Gasteiger partial charge is 0.458 e. The van der Waals surface area contributed by atoms with Crippen LogP contribution < -0.4 is 9.92 Å². The summed E-state index contributed by atoms with van der Waals surface area (Å²) in [5.41, 5.74) is 2.02. The van der Waals surface area contributed by atoms with Crippen LogP contribution in [-0.2, 0) is 26.0 Å². The fourth-order valence-electron chi connectivity index (χ4n) is 2.73. The van der Waals surface area contributed by atoms with Crippen LogP contribution in [0.15, 0.2) is 48.5 Å². The molecule has 23 heavy (non-hydrogen) atoms. The molecule has 0 saturated carbocycles. The lowest BCUT2D eigenvalue weighted by molar-refractivity contribution is -0.201. The molecule has 0 bridgehead atoms. The van der Waals surface area contributed by atoms with Gasteiger partial charge in [0.15, 0.2) is 0 Å². The van der Waals surface area contributed by atoms with E-state index < -0.39 is 14.3 Å². The third-order valence-electron chi connectivity index (χ3n) is 4.47. The molecule has 0 aliphatic carbocycles. The summed E-state index contributed by atoms with van der Waals surface area (Å²) in [6, 6.07) is 16.1. The third-order valence-corrected chi connectivity index (χ3v) is 7.39. The molecule has 0 saturated heterocycles. The van der Waals surface area contributed by atoms with Crippen molar-refractivity contribution in [3.63, 3.8) is 0 Å². The molecule has 0 spiro atoms. The van der Waals surface area contributed by atoms with Crippen molar-refractivity contribution < 1.29 is 18.3 Å². The van der Waals surface area contributed by atoms with Crippen LogP contribution in [-0.4, -0.2) is 22.8 Å². The molecule has 1 aliphatic rings. The number of hydrogen-bond donors (Lipinski definition) is 0. The molecular weight excluding hydrogens is 308 g/mol. The summed E-state index contributed by atoms with van der Waals surface area (Å²) in [7, 11) is 1.03. The van der Waals surface area contributed by atoms with Crippen molar-refractivity contribution in [1.82, 2.24) is 0 Å². The Morgan fingerprint density at radius 2 is 1.74 bits per heavy atom. The van der Waals surface area contributed by atoms with Crippen molar-refractivity contribution in [2.24, 2.45) is 0 Å². The highest BCUT2D eigenvalue weighted by molar-refractivity contribution is 6.79. The zero-order valence-electron chi connectivity index (χ0n) is 14.0. The molecule has 2 aromatic rings. The average molecular weight is 330 g/mol. The first kappa shape index (κ1) is 16.2. The predicted octanol–water partition coefficient (Wildman–Crippen LogP) is 3.04. The molecule has 4 nitrogen and oxygen atoms in total. The van der Waals surface area contributed by atoms with Crippen LogP contribution in [0.4, 0.5) is 0 Å². The highest BCUT2D eigenvalue weighted by atomic mass is 28.4. The minimum Gasteiger partial charge on any atom is -0.458 e. The molecular formula is C18H22O4Si. The molecule has 2 aromatic carbocycles. The van der Waals surface area contributed by atoms with Crippen molar-refractivity contribution in [2.75, 3.05) is 14.2 Å². The topological polar surface area (TPSA) is 36.9 Å². The van der Waals surface area contributed by atoms with Crippen molar-refractivity contribution in [3.05, 3.63) is 59.7 Å². The molecule has 0 radical (unpaired) electrons. The summed E-state index contributed by atoms with van der Waals surface area (Å²) in [6.07, 6.45) is 0. The predicted molar refractivity (Wildman–Crippen MR) is 90.9 cm³/mol. The minimum absolute atomic E-state index is 0.493. The molecule has 0 N–H and O–H groups in total. The van der Waals surface area contributed by atoms with Crippen LogP contribution in [0, 0.1) is 0 Å². The lowest BCUT2D eigenvalue weighted by Gasteiger charge is -2.36. The van der Waals surface area contributed by atoms with Gasteiger partial charge in [-0.25, -0.2) is 0 Å². The standard InChI is InChI=1S/C18H22O4Si/c1-18(15-8-6-5-7-9-15)21-13-14-12-16(10-11-17(14)22-18)23(4,19-2)20-3/h5-12H,13H2,1-4H3. The Morgan fingerprint density at radius 3 is 2.39 bits per heavy atom. The third kappa shape index (κ3) is 2.93. The van der Waals surface area contributed by atoms with E-state index in [2.05, 4.69) is 6.07 Å². The number of rotatable bonds is 4. The van der Waals surface area contributed by atoms with E-state index in [0.717, 1.165) is 22.1 Å². The monoisotopic (exact) mass is 330 g/mol. The summed E-state index contributed by atoms with van der Waals surface area (Å²) >= 11 is 0. The Morgan fingerprint density at radius 1 is 1.04 bits per heavy atom. The maximum atomic E-state index is 6.15. The van der Waals surface area contributed by atoms with Gasteiger partial charge in [-0.15, -0.1) is 0 Å². The molecule has 3 rings (SSSR count). The molecule has 1 atom stereocenters. The highest BCUT2D eigenvalue weighted by Gasteiger charge is 2.37. The number of fused-ring (bicyclic) bond motifs is 1. The van der Waals surface area contributed by atoms with E-state index in [4.69, 9.17) is 18.3 Å². The van der Waals surface area contributed by atoms with Gasteiger partial charge in [-0.1, -0.05) is 36.4 Å². The van der Waals surface area contributed by atoms with E-state index in [1.165, 1.54) is 0 Å². The van der Waals surface area contributed by atoms with Crippen molar-refractivity contribution >= 4 is 13.7 Å². The molecule has 1 aliphatic heterocycles. The Balaban J connectivity index is 1.92. The van der Waals surface area contributed by atoms with Crippen LogP contribution in [0.5, 0.6) is 5.75 Å². The fraction of sp³-hybridized carbons (Fsp3) is 0.333. The maximum absolute atomic E-state index is 6.15. The lowest BCUT2D eigenvalue weighted by atomic mass is 10.1. The Hall–Kier alpha value is -1.66. The van der Waals surface area contributed by atoms with E-state index in [9.17, 15) is 0 Å². The average Bonchev–Trinajstić information content (AvgIpc) is 2.61. The number of benzene rings is 2. The van der Waals surface area contributed by atoms with Gasteiger partial charge < -0.3 is 18.3 Å². The zero-order chi connectivity index (χ0) is 16.5. The quantitative estimate of drug-likeness (QED) is 0.808. The van der Waals surface area contributed by atoms with E-state index in [0.29, 0.717) is 6.61 Å². The van der Waals surface area contributed by atoms with Crippen LogP contribution in [0.2, 0.25) is 6.55 Å². The van der Waals surface area contributed by atoms with Gasteiger partial charge in [-0.2, -0.15) is 0 Å². The normalized spacial score (nSPS) is 20.7. The van der Waals surface area contributed by atoms with Gasteiger partial charge >= 0.3 is 8.56 Å². The van der Waals surface area contributed by atoms with Crippen molar-refractivity contribution in [3.8, 4) is 5.75 Å². The summed E-state index contributed by atoms with van der Waals surface area (Å²) in [5, 5.41) is 1.07. The highest BCUT2D eigenvalue weighted by Crippen LogP contribution is 2.37. The van der Waals surface area contributed by atoms with Gasteiger partial charge in [0, 0.05) is 32.3 Å². The van der Waals surface area contributed by atoms with Gasteiger partial charge in [0.1, 0.15) is 5.75 Å². The maximum Gasteiger partial charge on any atom is 0.368 e. The molecule has 0 fully saturated rings. The zero-order valence-corrected chi connectivity index (χ0v) is 15.0. The summed E-state index contributed by atoms with van der Waals surface area (Å²) < 4.78 is 23.4. The first-order chi connectivity index (χ1) is 11.0. The minimum atomic E-state index is -2.34. The van der Waals surface area contributed by atoms with Crippen LogP contribution in [0.3, 0.4) is 0 Å². The SMILES string of the molecule is CO[Si](C)(OC)c1ccc2c(c1)COC(C)(c1ccccc1)O2. The molecule has 5 heteroatoms. The van der Waals surface area contributed by atoms with Crippen LogP contribution in [0.25, 0.3) is 0 Å². The van der Waals surface area contributed by atoms with Gasteiger partial charge in [0.05, 0.1) is 6.61 Å². The molecule has 1 unspecified atom stereocenters. The van der Waals surface area contributed by atoms with E-state index >= 15 is 0 Å². The lowest BCUT2D eigenvalue weighted by Crippen LogP contribution is -2.49. The molecule has 1 heterocycles. The van der Waals surface area contributed by atoms with Crippen molar-refractivity contribution in [2.45, 2.75) is 25.9 Å². The molecule has 122 valence electrons. The van der Waals surface area contributed by atoms with Gasteiger partial charge in [-0.3, -0.25) is 0 Å². The first-order valence-corrected chi connectivity index (χ1v) is 9.94. The smallest absolute Gasteiger partial charge is 0.368 e. The van der Waals surface area contributed by atoms with Gasteiger partial charge in [0.25, 0.3) is 0 Å². The summed E-state index contributed by atoms with van der Waals surface area (Å²) in [4.78, 5) is 0. The second-order valence-corrected chi connectivity index (χ2v) is 9.16.